The molecule has 0 saturated carbocycles. The van der Waals surface area contributed by atoms with Gasteiger partial charge in [-0.15, -0.1) is 0 Å². The summed E-state index contributed by atoms with van der Waals surface area (Å²) < 4.78 is 5.31. The van der Waals surface area contributed by atoms with Gasteiger partial charge in [0.25, 0.3) is 5.91 Å². The molecule has 0 bridgehead atoms. The van der Waals surface area contributed by atoms with E-state index in [1.165, 1.54) is 0 Å². The van der Waals surface area contributed by atoms with E-state index < -0.39 is 0 Å². The summed E-state index contributed by atoms with van der Waals surface area (Å²) in [5.74, 6) is 0.653. The van der Waals surface area contributed by atoms with E-state index in [0.29, 0.717) is 25.3 Å². The Balaban J connectivity index is 2.30. The van der Waals surface area contributed by atoms with Crippen LogP contribution in [-0.2, 0) is 0 Å². The first kappa shape index (κ1) is 14.9. The molecule has 0 aromatic heterocycles. The van der Waals surface area contributed by atoms with Crippen LogP contribution in [-0.4, -0.2) is 25.6 Å². The molecule has 1 aromatic carbocycles. The van der Waals surface area contributed by atoms with Crippen LogP contribution in [0.1, 0.15) is 30.1 Å². The molecular formula is C13H18N4O2. The average Bonchev–Trinajstić information content (AvgIpc) is 2.43. The summed E-state index contributed by atoms with van der Waals surface area (Å²) >= 11 is 0. The van der Waals surface area contributed by atoms with Crippen molar-refractivity contribution >= 4 is 5.91 Å². The number of hydrogen-bond acceptors (Lipinski definition) is 3. The third-order valence-electron chi connectivity index (χ3n) is 2.46. The van der Waals surface area contributed by atoms with Gasteiger partial charge in [-0.2, -0.15) is 0 Å². The van der Waals surface area contributed by atoms with E-state index >= 15 is 0 Å². The van der Waals surface area contributed by atoms with E-state index in [9.17, 15) is 4.79 Å². The number of azide groups is 1. The third kappa shape index (κ3) is 5.79. The Labute approximate surface area is 112 Å². The highest BCUT2D eigenvalue weighted by Crippen LogP contribution is 2.11. The lowest BCUT2D eigenvalue weighted by atomic mass is 10.2. The van der Waals surface area contributed by atoms with Crippen molar-refractivity contribution in [1.82, 2.24) is 5.32 Å². The monoisotopic (exact) mass is 262 g/mol. The first-order valence-corrected chi connectivity index (χ1v) is 6.30. The van der Waals surface area contributed by atoms with Crippen molar-refractivity contribution in [3.63, 3.8) is 0 Å². The molecule has 1 rings (SSSR count). The van der Waals surface area contributed by atoms with Crippen LogP contribution in [0.15, 0.2) is 29.4 Å². The highest BCUT2D eigenvalue weighted by molar-refractivity contribution is 5.94. The van der Waals surface area contributed by atoms with Gasteiger partial charge in [-0.1, -0.05) is 5.11 Å². The number of carbonyl (C=O) groups excluding carboxylic acids is 1. The fourth-order valence-corrected chi connectivity index (χ4v) is 1.53. The van der Waals surface area contributed by atoms with Crippen molar-refractivity contribution in [3.8, 4) is 5.75 Å². The molecule has 0 atom stereocenters. The number of benzene rings is 1. The van der Waals surface area contributed by atoms with E-state index in [1.54, 1.807) is 24.3 Å². The molecule has 6 heteroatoms. The van der Waals surface area contributed by atoms with Gasteiger partial charge in [0.1, 0.15) is 5.75 Å². The molecule has 0 radical (unpaired) electrons. The SMILES string of the molecule is CCOc1ccc(C(=O)NCCCCN=[N+]=[N-])cc1. The number of nitrogens with zero attached hydrogens (tertiary/aromatic N) is 3. The van der Waals surface area contributed by atoms with Gasteiger partial charge in [0, 0.05) is 23.6 Å². The van der Waals surface area contributed by atoms with E-state index in [4.69, 9.17) is 10.3 Å². The molecule has 0 unspecified atom stereocenters. The van der Waals surface area contributed by atoms with Gasteiger partial charge in [0.05, 0.1) is 6.61 Å². The third-order valence-corrected chi connectivity index (χ3v) is 2.46. The minimum absolute atomic E-state index is 0.105. The minimum atomic E-state index is -0.105. The number of ether oxygens (including phenoxy) is 1. The molecule has 1 amide bonds. The maximum atomic E-state index is 11.8. The van der Waals surface area contributed by atoms with Crippen molar-refractivity contribution < 1.29 is 9.53 Å². The molecule has 0 fully saturated rings. The number of nitrogens with one attached hydrogen (secondary N) is 1. The summed E-state index contributed by atoms with van der Waals surface area (Å²) in [6, 6.07) is 7.03. The van der Waals surface area contributed by atoms with Crippen molar-refractivity contribution in [2.45, 2.75) is 19.8 Å². The van der Waals surface area contributed by atoms with Gasteiger partial charge >= 0.3 is 0 Å². The Morgan fingerprint density at radius 1 is 1.37 bits per heavy atom. The summed E-state index contributed by atoms with van der Waals surface area (Å²) in [5.41, 5.74) is 8.71. The van der Waals surface area contributed by atoms with E-state index in [1.807, 2.05) is 6.92 Å². The standard InChI is InChI=1S/C13H18N4O2/c1-2-19-12-7-5-11(6-8-12)13(18)15-9-3-4-10-16-17-14/h5-8H,2-4,9-10H2,1H3,(H,15,18). The van der Waals surface area contributed by atoms with Crippen molar-refractivity contribution in [2.24, 2.45) is 5.11 Å². The van der Waals surface area contributed by atoms with Crippen LogP contribution in [0.3, 0.4) is 0 Å². The molecule has 0 aliphatic carbocycles. The zero-order valence-corrected chi connectivity index (χ0v) is 11.0. The van der Waals surface area contributed by atoms with Gasteiger partial charge in [0.2, 0.25) is 0 Å². The molecular weight excluding hydrogens is 244 g/mol. The molecule has 0 heterocycles. The largest absolute Gasteiger partial charge is 0.494 e. The van der Waals surface area contributed by atoms with Crippen LogP contribution < -0.4 is 10.1 Å². The molecule has 19 heavy (non-hydrogen) atoms. The van der Waals surface area contributed by atoms with Crippen LogP contribution in [0.2, 0.25) is 0 Å². The van der Waals surface area contributed by atoms with Crippen LogP contribution >= 0.6 is 0 Å². The second-order valence-corrected chi connectivity index (χ2v) is 3.87. The molecule has 0 aliphatic rings. The number of carbonyl (C=O) groups is 1. The minimum Gasteiger partial charge on any atom is -0.494 e. The second kappa shape index (κ2) is 8.83. The molecule has 0 spiro atoms. The molecule has 1 aromatic rings. The zero-order valence-electron chi connectivity index (χ0n) is 11.0. The molecule has 102 valence electrons. The van der Waals surface area contributed by atoms with Crippen LogP contribution in [0.4, 0.5) is 0 Å². The van der Waals surface area contributed by atoms with E-state index in [-0.39, 0.29) is 5.91 Å². The lowest BCUT2D eigenvalue weighted by Gasteiger charge is -2.06. The fourth-order valence-electron chi connectivity index (χ4n) is 1.53. The summed E-state index contributed by atoms with van der Waals surface area (Å²) in [6.45, 7) is 3.57. The van der Waals surface area contributed by atoms with Crippen molar-refractivity contribution in [1.29, 1.82) is 0 Å². The predicted molar refractivity (Wildman–Crippen MR) is 73.2 cm³/mol. The van der Waals surface area contributed by atoms with Crippen LogP contribution in [0.25, 0.3) is 10.4 Å². The zero-order chi connectivity index (χ0) is 13.9. The summed E-state index contributed by atoms with van der Waals surface area (Å²) in [5, 5.41) is 6.24. The van der Waals surface area contributed by atoms with E-state index in [2.05, 4.69) is 15.3 Å². The Kier molecular flexibility index (Phi) is 6.90. The molecule has 6 nitrogen and oxygen atoms in total. The summed E-state index contributed by atoms with van der Waals surface area (Å²) in [4.78, 5) is 14.4. The molecule has 0 saturated heterocycles. The average molecular weight is 262 g/mol. The Morgan fingerprint density at radius 2 is 2.11 bits per heavy atom. The Hall–Kier alpha value is -2.20. The molecule has 0 aliphatic heterocycles. The topological polar surface area (TPSA) is 87.1 Å². The first-order chi connectivity index (χ1) is 9.27. The fraction of sp³-hybridized carbons (Fsp3) is 0.462. The smallest absolute Gasteiger partial charge is 0.251 e. The van der Waals surface area contributed by atoms with Crippen LogP contribution in [0.5, 0.6) is 5.75 Å². The maximum Gasteiger partial charge on any atom is 0.251 e. The quantitative estimate of drug-likeness (QED) is 0.338. The highest BCUT2D eigenvalue weighted by Gasteiger charge is 2.04. The summed E-state index contributed by atoms with van der Waals surface area (Å²) in [7, 11) is 0. The Morgan fingerprint density at radius 3 is 2.74 bits per heavy atom. The normalized spacial score (nSPS) is 9.53. The number of rotatable bonds is 8. The Bertz CT molecular complexity index is 438. The molecule has 1 N–H and O–H groups in total. The van der Waals surface area contributed by atoms with Gasteiger partial charge < -0.3 is 10.1 Å². The summed E-state index contributed by atoms with van der Waals surface area (Å²) in [6.07, 6.45) is 1.56. The number of amides is 1. The van der Waals surface area contributed by atoms with Gasteiger partial charge in [0.15, 0.2) is 0 Å². The van der Waals surface area contributed by atoms with Crippen molar-refractivity contribution in [2.75, 3.05) is 19.7 Å². The van der Waals surface area contributed by atoms with Gasteiger partial charge in [-0.05, 0) is 49.6 Å². The number of unbranched alkanes of at least 4 members (excludes halogenated alkanes) is 1. The lowest BCUT2D eigenvalue weighted by Crippen LogP contribution is -2.24. The van der Waals surface area contributed by atoms with Gasteiger partial charge in [-0.3, -0.25) is 4.79 Å². The second-order valence-electron chi connectivity index (χ2n) is 3.87. The highest BCUT2D eigenvalue weighted by atomic mass is 16.5. The van der Waals surface area contributed by atoms with E-state index in [0.717, 1.165) is 18.6 Å². The van der Waals surface area contributed by atoms with Crippen molar-refractivity contribution in [3.05, 3.63) is 40.3 Å². The maximum absolute atomic E-state index is 11.8. The van der Waals surface area contributed by atoms with Gasteiger partial charge in [-0.25, -0.2) is 0 Å². The number of hydrogen-bond donors (Lipinski definition) is 1. The lowest BCUT2D eigenvalue weighted by molar-refractivity contribution is 0.0953. The van der Waals surface area contributed by atoms with Crippen LogP contribution in [0, 0.1) is 0 Å². The first-order valence-electron chi connectivity index (χ1n) is 6.30. The predicted octanol–water partition coefficient (Wildman–Crippen LogP) is 2.91.